The first-order valence-corrected chi connectivity index (χ1v) is 7.88. The summed E-state index contributed by atoms with van der Waals surface area (Å²) in [6, 6.07) is 6.50. The van der Waals surface area contributed by atoms with Gasteiger partial charge in [0, 0.05) is 0 Å². The molecule has 0 aromatic heterocycles. The fourth-order valence-corrected chi connectivity index (χ4v) is 2.98. The zero-order chi connectivity index (χ0) is 13.8. The van der Waals surface area contributed by atoms with E-state index in [1.54, 1.807) is 12.7 Å². The fraction of sp³-hybridized carbons (Fsp3) is 0.412. The maximum Gasteiger partial charge on any atom is 0.119 e. The Labute approximate surface area is 129 Å². The summed E-state index contributed by atoms with van der Waals surface area (Å²) in [5.74, 6) is 0.973. The summed E-state index contributed by atoms with van der Waals surface area (Å²) in [5, 5.41) is 0. The molecular formula is C17H21IO. The summed E-state index contributed by atoms with van der Waals surface area (Å²) in [5.41, 5.74) is 5.97. The van der Waals surface area contributed by atoms with Crippen LogP contribution < -0.4 is 4.74 Å². The molecule has 0 unspecified atom stereocenters. The van der Waals surface area contributed by atoms with Crippen LogP contribution in [-0.4, -0.2) is 7.11 Å². The molecule has 0 radical (unpaired) electrons. The summed E-state index contributed by atoms with van der Waals surface area (Å²) in [6.07, 6.45) is 6.92. The minimum absolute atomic E-state index is 0.973. The minimum Gasteiger partial charge on any atom is -0.497 e. The van der Waals surface area contributed by atoms with Gasteiger partial charge in [0.1, 0.15) is 5.75 Å². The second-order valence-electron chi connectivity index (χ2n) is 5.11. The van der Waals surface area contributed by atoms with E-state index < -0.39 is 0 Å². The van der Waals surface area contributed by atoms with Gasteiger partial charge in [-0.3, -0.25) is 0 Å². The number of aryl methyl sites for hydroxylation is 1. The van der Waals surface area contributed by atoms with Gasteiger partial charge >= 0.3 is 0 Å². The molecule has 0 aliphatic heterocycles. The van der Waals surface area contributed by atoms with Gasteiger partial charge in [-0.15, -0.1) is 0 Å². The van der Waals surface area contributed by atoms with E-state index in [1.807, 2.05) is 0 Å². The van der Waals surface area contributed by atoms with Gasteiger partial charge in [-0.2, -0.15) is 0 Å². The number of hydrogen-bond acceptors (Lipinski definition) is 1. The normalized spacial score (nSPS) is 15.5. The van der Waals surface area contributed by atoms with Crippen molar-refractivity contribution in [1.82, 2.24) is 0 Å². The van der Waals surface area contributed by atoms with Crippen LogP contribution in [0.5, 0.6) is 5.75 Å². The van der Waals surface area contributed by atoms with Gasteiger partial charge in [0.2, 0.25) is 0 Å². The fourth-order valence-electron chi connectivity index (χ4n) is 2.66. The third-order valence-electron chi connectivity index (χ3n) is 3.74. The van der Waals surface area contributed by atoms with Crippen molar-refractivity contribution in [3.8, 4) is 5.75 Å². The van der Waals surface area contributed by atoms with E-state index in [0.29, 0.717) is 0 Å². The summed E-state index contributed by atoms with van der Waals surface area (Å²) in [6.45, 7) is 4.44. The van der Waals surface area contributed by atoms with Crippen LogP contribution in [0.2, 0.25) is 0 Å². The van der Waals surface area contributed by atoms with E-state index in [1.165, 1.54) is 26.7 Å². The van der Waals surface area contributed by atoms with Crippen LogP contribution in [0.25, 0.3) is 5.57 Å². The van der Waals surface area contributed by atoms with E-state index in [0.717, 1.165) is 25.0 Å². The number of allylic oxidation sites excluding steroid dienone is 4. The molecule has 2 rings (SSSR count). The number of methoxy groups -OCH3 is 1. The Morgan fingerprint density at radius 2 is 2.16 bits per heavy atom. The molecular weight excluding hydrogens is 347 g/mol. The summed E-state index contributed by atoms with van der Waals surface area (Å²) < 4.78 is 6.70. The van der Waals surface area contributed by atoms with Gasteiger partial charge in [0.15, 0.2) is 0 Å². The van der Waals surface area contributed by atoms with Gasteiger partial charge in [-0.25, -0.2) is 0 Å². The number of benzene rings is 1. The highest BCUT2D eigenvalue weighted by Gasteiger charge is 2.16. The van der Waals surface area contributed by atoms with Crippen molar-refractivity contribution in [3.05, 3.63) is 44.6 Å². The lowest BCUT2D eigenvalue weighted by Gasteiger charge is -2.22. The molecule has 102 valence electrons. The second kappa shape index (κ2) is 6.60. The Morgan fingerprint density at radius 1 is 1.37 bits per heavy atom. The largest absolute Gasteiger partial charge is 0.497 e. The Bertz CT molecular complexity index is 522. The lowest BCUT2D eigenvalue weighted by molar-refractivity contribution is 0.414. The van der Waals surface area contributed by atoms with Crippen LogP contribution in [0, 0.1) is 0 Å². The van der Waals surface area contributed by atoms with Gasteiger partial charge in [-0.1, -0.05) is 17.7 Å². The number of fused-ring (bicyclic) bond motifs is 1. The highest BCUT2D eigenvalue weighted by Crippen LogP contribution is 2.36. The topological polar surface area (TPSA) is 9.23 Å². The molecule has 0 amide bonds. The van der Waals surface area contributed by atoms with E-state index >= 15 is 0 Å². The molecule has 0 saturated heterocycles. The number of halogens is 1. The van der Waals surface area contributed by atoms with Crippen LogP contribution in [0.4, 0.5) is 0 Å². The zero-order valence-corrected chi connectivity index (χ0v) is 14.1. The number of ether oxygens (including phenoxy) is 1. The van der Waals surface area contributed by atoms with Gasteiger partial charge < -0.3 is 4.74 Å². The zero-order valence-electron chi connectivity index (χ0n) is 11.9. The highest BCUT2D eigenvalue weighted by molar-refractivity contribution is 14.1. The van der Waals surface area contributed by atoms with Crippen molar-refractivity contribution in [2.24, 2.45) is 0 Å². The van der Waals surface area contributed by atoms with Gasteiger partial charge in [0.25, 0.3) is 0 Å². The van der Waals surface area contributed by atoms with Crippen LogP contribution >= 0.6 is 22.6 Å². The Balaban J connectivity index is 2.26. The van der Waals surface area contributed by atoms with Crippen LogP contribution in [0.1, 0.15) is 44.2 Å². The molecule has 0 bridgehead atoms. The van der Waals surface area contributed by atoms with Crippen LogP contribution in [-0.2, 0) is 6.42 Å². The van der Waals surface area contributed by atoms with E-state index in [9.17, 15) is 0 Å². The third-order valence-corrected chi connectivity index (χ3v) is 4.18. The van der Waals surface area contributed by atoms with Gasteiger partial charge in [0.05, 0.1) is 7.11 Å². The molecule has 0 fully saturated rings. The van der Waals surface area contributed by atoms with E-state index in [-0.39, 0.29) is 0 Å². The molecule has 0 heterocycles. The predicted octanol–water partition coefficient (Wildman–Crippen LogP) is 5.53. The SMILES string of the molecule is COc1ccc2c(c1)CCC(C)=C2CC/C=C(/C)I. The van der Waals surface area contributed by atoms with E-state index in [4.69, 9.17) is 4.74 Å². The molecule has 1 aromatic carbocycles. The van der Waals surface area contributed by atoms with Crippen molar-refractivity contribution in [2.45, 2.75) is 39.5 Å². The minimum atomic E-state index is 0.973. The first kappa shape index (κ1) is 14.6. The Hall–Kier alpha value is -0.770. The Morgan fingerprint density at radius 3 is 2.84 bits per heavy atom. The third kappa shape index (κ3) is 3.62. The molecule has 19 heavy (non-hydrogen) atoms. The van der Waals surface area contributed by atoms with Crippen molar-refractivity contribution in [2.75, 3.05) is 7.11 Å². The molecule has 0 N–H and O–H groups in total. The van der Waals surface area contributed by atoms with Gasteiger partial charge in [-0.05, 0) is 94.5 Å². The highest BCUT2D eigenvalue weighted by atomic mass is 127. The van der Waals surface area contributed by atoms with Crippen LogP contribution in [0.3, 0.4) is 0 Å². The molecule has 2 heteroatoms. The standard InChI is InChI=1S/C17H21IO/c1-12-7-8-14-11-15(19-3)9-10-17(14)16(12)6-4-5-13(2)18/h5,9-11H,4,6-8H2,1-3H3/b13-5-. The average Bonchev–Trinajstić information content (AvgIpc) is 2.40. The summed E-state index contributed by atoms with van der Waals surface area (Å²) in [7, 11) is 1.74. The molecule has 1 aliphatic carbocycles. The maximum atomic E-state index is 5.33. The smallest absolute Gasteiger partial charge is 0.119 e. The molecule has 0 atom stereocenters. The summed E-state index contributed by atoms with van der Waals surface area (Å²) >= 11 is 2.38. The maximum absolute atomic E-state index is 5.33. The second-order valence-corrected chi connectivity index (χ2v) is 6.81. The quantitative estimate of drug-likeness (QED) is 0.635. The molecule has 1 aliphatic rings. The molecule has 0 spiro atoms. The number of hydrogen-bond donors (Lipinski definition) is 0. The molecule has 0 saturated carbocycles. The van der Waals surface area contributed by atoms with Crippen molar-refractivity contribution in [1.29, 1.82) is 0 Å². The predicted molar refractivity (Wildman–Crippen MR) is 90.9 cm³/mol. The van der Waals surface area contributed by atoms with Crippen molar-refractivity contribution in [3.63, 3.8) is 0 Å². The monoisotopic (exact) mass is 368 g/mol. The number of rotatable bonds is 4. The molecule has 1 nitrogen and oxygen atoms in total. The lowest BCUT2D eigenvalue weighted by Crippen LogP contribution is -2.04. The van der Waals surface area contributed by atoms with Crippen LogP contribution in [0.15, 0.2) is 33.4 Å². The summed E-state index contributed by atoms with van der Waals surface area (Å²) in [4.78, 5) is 0. The van der Waals surface area contributed by atoms with E-state index in [2.05, 4.69) is 60.7 Å². The molecule has 1 aromatic rings. The average molecular weight is 368 g/mol. The Kier molecular flexibility index (Phi) is 5.08. The lowest BCUT2D eigenvalue weighted by atomic mass is 9.84. The first-order valence-electron chi connectivity index (χ1n) is 6.80. The van der Waals surface area contributed by atoms with Crippen molar-refractivity contribution >= 4 is 28.2 Å². The first-order chi connectivity index (χ1) is 9.11. The van der Waals surface area contributed by atoms with Crippen molar-refractivity contribution < 1.29 is 4.74 Å².